The topological polar surface area (TPSA) is 94.1 Å². The Morgan fingerprint density at radius 2 is 1.40 bits per heavy atom. The van der Waals surface area contributed by atoms with Gasteiger partial charge in [-0.1, -0.05) is 117 Å². The van der Waals surface area contributed by atoms with Crippen molar-refractivity contribution in [2.75, 3.05) is 13.2 Å². The first-order chi connectivity index (χ1) is 19.5. The van der Waals surface area contributed by atoms with Gasteiger partial charge in [0.25, 0.3) is 0 Å². The molecule has 0 bridgehead atoms. The van der Waals surface area contributed by atoms with E-state index in [4.69, 9.17) is 14.2 Å². The molecular formula is C33H61NO6. The smallest absolute Gasteiger partial charge is 0.227 e. The SMILES string of the molecule is C/C=C\O[C@H]1O[C@H](CO)[C@@H](C)[C@H](OCCCCCCCCCC)[C@H]1NC(=O)CC(=O)CCCCCCCCCC. The van der Waals surface area contributed by atoms with Crippen molar-refractivity contribution in [1.82, 2.24) is 5.32 Å². The van der Waals surface area contributed by atoms with Gasteiger partial charge in [0.05, 0.1) is 31.5 Å². The third-order valence-electron chi connectivity index (χ3n) is 7.89. The Kier molecular flexibility index (Phi) is 22.1. The minimum absolute atomic E-state index is 0.0381. The lowest BCUT2D eigenvalue weighted by Gasteiger charge is -2.44. The predicted octanol–water partition coefficient (Wildman–Crippen LogP) is 7.39. The van der Waals surface area contributed by atoms with Crippen LogP contribution in [0.25, 0.3) is 0 Å². The Balaban J connectivity index is 2.60. The van der Waals surface area contributed by atoms with Gasteiger partial charge in [-0.15, -0.1) is 0 Å². The van der Waals surface area contributed by atoms with Crippen LogP contribution in [0.4, 0.5) is 0 Å². The van der Waals surface area contributed by atoms with Gasteiger partial charge in [0.1, 0.15) is 11.8 Å². The molecule has 0 radical (unpaired) electrons. The van der Waals surface area contributed by atoms with Crippen molar-refractivity contribution in [1.29, 1.82) is 0 Å². The Hall–Kier alpha value is -1.44. The van der Waals surface area contributed by atoms with Crippen LogP contribution in [0, 0.1) is 5.92 Å². The molecule has 234 valence electrons. The van der Waals surface area contributed by atoms with E-state index in [1.54, 1.807) is 6.08 Å². The lowest BCUT2D eigenvalue weighted by Crippen LogP contribution is -2.62. The second-order valence-electron chi connectivity index (χ2n) is 11.5. The van der Waals surface area contributed by atoms with Gasteiger partial charge in [-0.05, 0) is 19.8 Å². The highest BCUT2D eigenvalue weighted by molar-refractivity contribution is 5.98. The number of ether oxygens (including phenoxy) is 3. The molecule has 0 aromatic heterocycles. The molecule has 0 aromatic carbocycles. The molecule has 7 nitrogen and oxygen atoms in total. The summed E-state index contributed by atoms with van der Waals surface area (Å²) < 4.78 is 18.1. The van der Waals surface area contributed by atoms with Crippen molar-refractivity contribution in [2.24, 2.45) is 5.92 Å². The van der Waals surface area contributed by atoms with Crippen LogP contribution in [0.3, 0.4) is 0 Å². The molecule has 2 N–H and O–H groups in total. The summed E-state index contributed by atoms with van der Waals surface area (Å²) in [6.45, 7) is 8.67. The molecule has 7 heteroatoms. The van der Waals surface area contributed by atoms with Crippen LogP contribution in [-0.4, -0.2) is 54.6 Å². The van der Waals surface area contributed by atoms with E-state index in [9.17, 15) is 14.7 Å². The van der Waals surface area contributed by atoms with Gasteiger partial charge in [-0.2, -0.15) is 0 Å². The summed E-state index contributed by atoms with van der Waals surface area (Å²) in [5.74, 6) is -0.519. The van der Waals surface area contributed by atoms with E-state index >= 15 is 0 Å². The van der Waals surface area contributed by atoms with E-state index < -0.39 is 24.5 Å². The fraction of sp³-hybridized carbons (Fsp3) is 0.879. The lowest BCUT2D eigenvalue weighted by molar-refractivity contribution is -0.245. The summed E-state index contributed by atoms with van der Waals surface area (Å²) in [6.07, 6.45) is 20.9. The summed E-state index contributed by atoms with van der Waals surface area (Å²) in [5, 5.41) is 12.9. The van der Waals surface area contributed by atoms with Gasteiger partial charge >= 0.3 is 0 Å². The maximum Gasteiger partial charge on any atom is 0.227 e. The molecule has 1 rings (SSSR count). The van der Waals surface area contributed by atoms with Gasteiger partial charge < -0.3 is 24.6 Å². The zero-order valence-electron chi connectivity index (χ0n) is 26.2. The molecule has 0 aliphatic carbocycles. The van der Waals surface area contributed by atoms with Crippen LogP contribution in [-0.2, 0) is 23.8 Å². The number of hydrogen-bond donors (Lipinski definition) is 2. The molecule has 1 amide bonds. The highest BCUT2D eigenvalue weighted by Crippen LogP contribution is 2.29. The molecule has 0 spiro atoms. The first-order valence-corrected chi connectivity index (χ1v) is 16.4. The van der Waals surface area contributed by atoms with Gasteiger partial charge in [-0.25, -0.2) is 0 Å². The number of carbonyl (C=O) groups is 2. The Morgan fingerprint density at radius 3 is 1.95 bits per heavy atom. The summed E-state index contributed by atoms with van der Waals surface area (Å²) in [6, 6.07) is -0.577. The second kappa shape index (κ2) is 24.2. The van der Waals surface area contributed by atoms with Gasteiger partial charge in [0, 0.05) is 18.9 Å². The lowest BCUT2D eigenvalue weighted by atomic mass is 9.89. The number of nitrogens with one attached hydrogen (secondary N) is 1. The number of allylic oxidation sites excluding steroid dienone is 1. The number of unbranched alkanes of at least 4 members (excludes halogenated alkanes) is 14. The van der Waals surface area contributed by atoms with Crippen LogP contribution in [0.15, 0.2) is 12.3 Å². The number of Topliss-reactive ketones (excluding diaryl/α,β-unsaturated/α-hetero) is 1. The van der Waals surface area contributed by atoms with Crippen LogP contribution >= 0.6 is 0 Å². The molecule has 1 heterocycles. The van der Waals surface area contributed by atoms with Crippen molar-refractivity contribution in [2.45, 2.75) is 168 Å². The molecule has 1 saturated heterocycles. The summed E-state index contributed by atoms with van der Waals surface area (Å²) in [7, 11) is 0. The highest BCUT2D eigenvalue weighted by Gasteiger charge is 2.46. The Bertz CT molecular complexity index is 669. The monoisotopic (exact) mass is 567 g/mol. The van der Waals surface area contributed by atoms with Gasteiger partial charge in [0.15, 0.2) is 0 Å². The van der Waals surface area contributed by atoms with E-state index in [2.05, 4.69) is 19.2 Å². The number of carbonyl (C=O) groups excluding carboxylic acids is 2. The summed E-state index contributed by atoms with van der Waals surface area (Å²) >= 11 is 0. The first-order valence-electron chi connectivity index (χ1n) is 16.4. The average molecular weight is 568 g/mol. The minimum atomic E-state index is -0.806. The zero-order valence-corrected chi connectivity index (χ0v) is 26.2. The Labute approximate surface area is 245 Å². The number of hydrogen-bond acceptors (Lipinski definition) is 6. The maximum atomic E-state index is 12.9. The number of aliphatic hydroxyl groups excluding tert-OH is 1. The molecule has 0 unspecified atom stereocenters. The van der Waals surface area contributed by atoms with Crippen molar-refractivity contribution in [3.63, 3.8) is 0 Å². The third kappa shape index (κ3) is 16.1. The molecular weight excluding hydrogens is 506 g/mol. The fourth-order valence-electron chi connectivity index (χ4n) is 5.38. The van der Waals surface area contributed by atoms with Crippen molar-refractivity contribution < 1.29 is 28.9 Å². The van der Waals surface area contributed by atoms with E-state index in [0.29, 0.717) is 13.0 Å². The minimum Gasteiger partial charge on any atom is -0.471 e. The average Bonchev–Trinajstić information content (AvgIpc) is 2.94. The van der Waals surface area contributed by atoms with Crippen molar-refractivity contribution >= 4 is 11.7 Å². The molecule has 40 heavy (non-hydrogen) atoms. The highest BCUT2D eigenvalue weighted by atomic mass is 16.7. The summed E-state index contributed by atoms with van der Waals surface area (Å²) in [4.78, 5) is 25.5. The van der Waals surface area contributed by atoms with Crippen LogP contribution in [0.2, 0.25) is 0 Å². The maximum absolute atomic E-state index is 12.9. The molecule has 0 aromatic rings. The second-order valence-corrected chi connectivity index (χ2v) is 11.5. The number of ketones is 1. The molecule has 1 aliphatic heterocycles. The van der Waals surface area contributed by atoms with Gasteiger partial charge in [0.2, 0.25) is 12.2 Å². The molecule has 1 fully saturated rings. The van der Waals surface area contributed by atoms with Crippen LogP contribution in [0.5, 0.6) is 0 Å². The summed E-state index contributed by atoms with van der Waals surface area (Å²) in [5.41, 5.74) is 0. The molecule has 0 saturated carbocycles. The zero-order chi connectivity index (χ0) is 29.4. The number of amides is 1. The van der Waals surface area contributed by atoms with Crippen molar-refractivity contribution in [3.05, 3.63) is 12.3 Å². The van der Waals surface area contributed by atoms with Crippen LogP contribution < -0.4 is 5.32 Å². The quantitative estimate of drug-likeness (QED) is 0.0679. The number of rotatable bonds is 25. The Morgan fingerprint density at radius 1 is 0.850 bits per heavy atom. The van der Waals surface area contributed by atoms with Gasteiger partial charge in [-0.3, -0.25) is 9.59 Å². The molecule has 1 aliphatic rings. The fourth-order valence-corrected chi connectivity index (χ4v) is 5.38. The van der Waals surface area contributed by atoms with E-state index in [1.807, 2.05) is 13.8 Å². The van der Waals surface area contributed by atoms with Crippen molar-refractivity contribution in [3.8, 4) is 0 Å². The van der Waals surface area contributed by atoms with E-state index in [0.717, 1.165) is 32.1 Å². The molecule has 5 atom stereocenters. The van der Waals surface area contributed by atoms with Crippen LogP contribution in [0.1, 0.15) is 143 Å². The normalized spacial score (nSPS) is 23.0. The number of aliphatic hydroxyl groups is 1. The van der Waals surface area contributed by atoms with E-state index in [1.165, 1.54) is 76.9 Å². The standard InChI is InChI=1S/C33H61NO6/c1-5-8-10-12-14-16-18-20-22-28(36)25-30(37)34-31-32(38-24-21-19-17-15-13-11-9-6-2)27(4)29(26-35)40-33(31)39-23-7-3/h7,23,27,29,31-33,35H,5-6,8-22,24-26H2,1-4H3,(H,34,37)/b23-7-/t27-,29-,31-,32+,33+/m1/s1. The largest absolute Gasteiger partial charge is 0.471 e. The predicted molar refractivity (Wildman–Crippen MR) is 162 cm³/mol. The first kappa shape index (κ1) is 36.6. The third-order valence-corrected chi connectivity index (χ3v) is 7.89. The van der Waals surface area contributed by atoms with E-state index in [-0.39, 0.29) is 30.6 Å².